The fourth-order valence-electron chi connectivity index (χ4n) is 2.23. The Morgan fingerprint density at radius 2 is 2.18 bits per heavy atom. The standard InChI is InChI=1S/C15H18N2O5/c1-17(9-13(18)19)15(21)10-4-2-5-11(8-10)16-14(20)12-6-3-7-22-12/h2,4-5,8,12H,3,6-7,9H2,1H3,(H,16,20)(H,18,19). The van der Waals surface area contributed by atoms with Crippen molar-refractivity contribution in [3.63, 3.8) is 0 Å². The van der Waals surface area contributed by atoms with Crippen LogP contribution in [0.2, 0.25) is 0 Å². The molecule has 1 aliphatic heterocycles. The van der Waals surface area contributed by atoms with Crippen LogP contribution in [0.5, 0.6) is 0 Å². The van der Waals surface area contributed by atoms with E-state index in [2.05, 4.69) is 5.32 Å². The van der Waals surface area contributed by atoms with Crippen LogP contribution in [0.3, 0.4) is 0 Å². The van der Waals surface area contributed by atoms with Gasteiger partial charge < -0.3 is 20.1 Å². The number of amides is 2. The van der Waals surface area contributed by atoms with Gasteiger partial charge in [-0.25, -0.2) is 0 Å². The van der Waals surface area contributed by atoms with Crippen molar-refractivity contribution in [1.82, 2.24) is 4.90 Å². The monoisotopic (exact) mass is 306 g/mol. The average Bonchev–Trinajstić information content (AvgIpc) is 3.00. The maximum atomic E-state index is 12.1. The number of carbonyl (C=O) groups is 3. The second-order valence-electron chi connectivity index (χ2n) is 5.13. The number of nitrogens with zero attached hydrogens (tertiary/aromatic N) is 1. The molecule has 0 bridgehead atoms. The molecule has 2 N–H and O–H groups in total. The summed E-state index contributed by atoms with van der Waals surface area (Å²) >= 11 is 0. The van der Waals surface area contributed by atoms with Crippen molar-refractivity contribution in [3.8, 4) is 0 Å². The largest absolute Gasteiger partial charge is 0.480 e. The van der Waals surface area contributed by atoms with Crippen LogP contribution in [0.1, 0.15) is 23.2 Å². The maximum Gasteiger partial charge on any atom is 0.323 e. The van der Waals surface area contributed by atoms with E-state index in [0.29, 0.717) is 24.3 Å². The molecule has 1 atom stereocenters. The molecule has 118 valence electrons. The van der Waals surface area contributed by atoms with Crippen molar-refractivity contribution in [3.05, 3.63) is 29.8 Å². The highest BCUT2D eigenvalue weighted by Gasteiger charge is 2.23. The third-order valence-electron chi connectivity index (χ3n) is 3.32. The second kappa shape index (κ2) is 7.04. The molecule has 0 radical (unpaired) electrons. The summed E-state index contributed by atoms with van der Waals surface area (Å²) in [5.74, 6) is -1.74. The van der Waals surface area contributed by atoms with E-state index in [9.17, 15) is 14.4 Å². The number of carboxylic acids is 1. The highest BCUT2D eigenvalue weighted by molar-refractivity contribution is 5.99. The van der Waals surface area contributed by atoms with E-state index in [4.69, 9.17) is 9.84 Å². The SMILES string of the molecule is CN(CC(=O)O)C(=O)c1cccc(NC(=O)C2CCCO2)c1. The Kier molecular flexibility index (Phi) is 5.11. The molecule has 0 spiro atoms. The fourth-order valence-corrected chi connectivity index (χ4v) is 2.23. The number of likely N-dealkylation sites (N-methyl/N-ethyl adjacent to an activating group) is 1. The van der Waals surface area contributed by atoms with Crippen molar-refractivity contribution in [2.24, 2.45) is 0 Å². The zero-order valence-electron chi connectivity index (χ0n) is 12.2. The van der Waals surface area contributed by atoms with Gasteiger partial charge in [0.25, 0.3) is 11.8 Å². The molecule has 7 nitrogen and oxygen atoms in total. The summed E-state index contributed by atoms with van der Waals surface area (Å²) in [4.78, 5) is 35.8. The molecule has 2 amide bonds. The van der Waals surface area contributed by atoms with E-state index in [1.807, 2.05) is 0 Å². The van der Waals surface area contributed by atoms with Crippen LogP contribution in [0.4, 0.5) is 5.69 Å². The number of aliphatic carboxylic acids is 1. The highest BCUT2D eigenvalue weighted by atomic mass is 16.5. The fraction of sp³-hybridized carbons (Fsp3) is 0.400. The van der Waals surface area contributed by atoms with Crippen molar-refractivity contribution in [2.75, 3.05) is 25.5 Å². The Balaban J connectivity index is 2.04. The van der Waals surface area contributed by atoms with Crippen LogP contribution < -0.4 is 5.32 Å². The number of carboxylic acid groups (broad SMARTS) is 1. The quantitative estimate of drug-likeness (QED) is 0.844. The zero-order chi connectivity index (χ0) is 16.1. The molecular formula is C15H18N2O5. The summed E-state index contributed by atoms with van der Waals surface area (Å²) in [7, 11) is 1.41. The van der Waals surface area contributed by atoms with E-state index in [-0.39, 0.29) is 12.5 Å². The molecule has 1 unspecified atom stereocenters. The molecule has 0 saturated carbocycles. The summed E-state index contributed by atoms with van der Waals surface area (Å²) < 4.78 is 5.29. The van der Waals surface area contributed by atoms with Gasteiger partial charge >= 0.3 is 5.97 Å². The van der Waals surface area contributed by atoms with Crippen LogP contribution in [0.25, 0.3) is 0 Å². The van der Waals surface area contributed by atoms with Crippen molar-refractivity contribution in [2.45, 2.75) is 18.9 Å². The zero-order valence-corrected chi connectivity index (χ0v) is 12.2. The lowest BCUT2D eigenvalue weighted by molar-refractivity contribution is -0.137. The van der Waals surface area contributed by atoms with Gasteiger partial charge in [0.05, 0.1) is 0 Å². The first-order valence-electron chi connectivity index (χ1n) is 6.97. The molecule has 0 aromatic heterocycles. The second-order valence-corrected chi connectivity index (χ2v) is 5.13. The van der Waals surface area contributed by atoms with Gasteiger partial charge in [0, 0.05) is 24.9 Å². The first-order valence-corrected chi connectivity index (χ1v) is 6.97. The lowest BCUT2D eigenvalue weighted by Gasteiger charge is -2.15. The van der Waals surface area contributed by atoms with E-state index >= 15 is 0 Å². The normalized spacial score (nSPS) is 17.0. The van der Waals surface area contributed by atoms with E-state index < -0.39 is 18.0 Å². The van der Waals surface area contributed by atoms with Gasteiger partial charge in [0.2, 0.25) is 0 Å². The summed E-state index contributed by atoms with van der Waals surface area (Å²) in [6.45, 7) is 0.196. The highest BCUT2D eigenvalue weighted by Crippen LogP contribution is 2.17. The third kappa shape index (κ3) is 4.05. The first kappa shape index (κ1) is 16.0. The average molecular weight is 306 g/mol. The molecule has 1 heterocycles. The van der Waals surface area contributed by atoms with Gasteiger partial charge in [-0.05, 0) is 31.0 Å². The molecule has 0 aliphatic carbocycles. The summed E-state index contributed by atoms with van der Waals surface area (Å²) in [5, 5.41) is 11.4. The predicted molar refractivity (Wildman–Crippen MR) is 78.6 cm³/mol. The Hall–Kier alpha value is -2.41. The van der Waals surface area contributed by atoms with Crippen LogP contribution >= 0.6 is 0 Å². The smallest absolute Gasteiger partial charge is 0.323 e. The molecule has 1 saturated heterocycles. The van der Waals surface area contributed by atoms with Crippen molar-refractivity contribution < 1.29 is 24.2 Å². The van der Waals surface area contributed by atoms with Crippen molar-refractivity contribution in [1.29, 1.82) is 0 Å². The van der Waals surface area contributed by atoms with Crippen LogP contribution in [-0.4, -0.2) is 54.1 Å². The molecule has 7 heteroatoms. The molecular weight excluding hydrogens is 288 g/mol. The lowest BCUT2D eigenvalue weighted by atomic mass is 10.1. The minimum absolute atomic E-state index is 0.235. The first-order chi connectivity index (χ1) is 10.5. The maximum absolute atomic E-state index is 12.1. The summed E-state index contributed by atoms with van der Waals surface area (Å²) in [6.07, 6.45) is 1.09. The minimum Gasteiger partial charge on any atom is -0.480 e. The van der Waals surface area contributed by atoms with Crippen LogP contribution in [-0.2, 0) is 14.3 Å². The lowest BCUT2D eigenvalue weighted by Crippen LogP contribution is -2.32. The Labute approximate surface area is 127 Å². The molecule has 22 heavy (non-hydrogen) atoms. The van der Waals surface area contributed by atoms with Gasteiger partial charge in [-0.1, -0.05) is 6.07 Å². The topological polar surface area (TPSA) is 95.9 Å². The van der Waals surface area contributed by atoms with Crippen LogP contribution in [0, 0.1) is 0 Å². The number of rotatable bonds is 5. The van der Waals surface area contributed by atoms with Gasteiger partial charge in [-0.3, -0.25) is 14.4 Å². The van der Waals surface area contributed by atoms with E-state index in [0.717, 1.165) is 11.3 Å². The van der Waals surface area contributed by atoms with Gasteiger partial charge in [0.15, 0.2) is 0 Å². The number of anilines is 1. The molecule has 1 aromatic carbocycles. The number of benzene rings is 1. The Bertz CT molecular complexity index is 581. The molecule has 2 rings (SSSR count). The molecule has 1 fully saturated rings. The summed E-state index contributed by atoms with van der Waals surface area (Å²) in [6, 6.07) is 6.39. The van der Waals surface area contributed by atoms with Crippen LogP contribution in [0.15, 0.2) is 24.3 Å². The van der Waals surface area contributed by atoms with Crippen molar-refractivity contribution >= 4 is 23.5 Å². The van der Waals surface area contributed by atoms with Gasteiger partial charge in [0.1, 0.15) is 12.6 Å². The van der Waals surface area contributed by atoms with E-state index in [1.165, 1.54) is 13.1 Å². The number of hydrogen-bond acceptors (Lipinski definition) is 4. The number of ether oxygens (including phenoxy) is 1. The number of nitrogens with one attached hydrogen (secondary N) is 1. The third-order valence-corrected chi connectivity index (χ3v) is 3.32. The molecule has 1 aromatic rings. The Morgan fingerprint density at radius 3 is 2.82 bits per heavy atom. The summed E-state index contributed by atoms with van der Waals surface area (Å²) in [5.41, 5.74) is 0.795. The number of hydrogen-bond donors (Lipinski definition) is 2. The predicted octanol–water partition coefficient (Wildman–Crippen LogP) is 0.961. The van der Waals surface area contributed by atoms with Gasteiger partial charge in [-0.15, -0.1) is 0 Å². The molecule has 1 aliphatic rings. The number of carbonyl (C=O) groups excluding carboxylic acids is 2. The minimum atomic E-state index is -1.08. The van der Waals surface area contributed by atoms with E-state index in [1.54, 1.807) is 18.2 Å². The van der Waals surface area contributed by atoms with Gasteiger partial charge in [-0.2, -0.15) is 0 Å². The Morgan fingerprint density at radius 1 is 1.41 bits per heavy atom.